The Hall–Kier alpha value is -0.610. The van der Waals surface area contributed by atoms with Crippen LogP contribution in [0, 0.1) is 17.3 Å². The van der Waals surface area contributed by atoms with Crippen LogP contribution in [0.2, 0.25) is 0 Å². The molecule has 0 aromatic carbocycles. The first kappa shape index (κ1) is 14.5. The van der Waals surface area contributed by atoms with Crippen molar-refractivity contribution in [1.82, 2.24) is 5.43 Å². The van der Waals surface area contributed by atoms with E-state index in [9.17, 15) is 4.79 Å². The summed E-state index contributed by atoms with van der Waals surface area (Å²) >= 11 is 0. The fourth-order valence-corrected chi connectivity index (χ4v) is 2.24. The standard InChI is InChI=1S/C13H26N2O2/c1-9-5-6-11(7-10(9)2)17-8-13(3,4)12(16)15-14/h9-11H,5-8,14H2,1-4H3,(H,15,16). The maximum atomic E-state index is 11.5. The molecule has 3 atom stereocenters. The molecule has 1 amide bonds. The summed E-state index contributed by atoms with van der Waals surface area (Å²) in [6, 6.07) is 0. The van der Waals surface area contributed by atoms with Crippen molar-refractivity contribution in [2.24, 2.45) is 23.1 Å². The average molecular weight is 242 g/mol. The number of carbonyl (C=O) groups is 1. The SMILES string of the molecule is CC1CCC(OCC(C)(C)C(=O)NN)CC1C. The summed E-state index contributed by atoms with van der Waals surface area (Å²) in [6.45, 7) is 8.71. The summed E-state index contributed by atoms with van der Waals surface area (Å²) in [7, 11) is 0. The smallest absolute Gasteiger partial charge is 0.241 e. The Bertz CT molecular complexity index is 266. The van der Waals surface area contributed by atoms with Crippen molar-refractivity contribution in [3.05, 3.63) is 0 Å². The van der Waals surface area contributed by atoms with E-state index in [4.69, 9.17) is 10.6 Å². The molecule has 0 aromatic rings. The third kappa shape index (κ3) is 3.96. The largest absolute Gasteiger partial charge is 0.377 e. The molecule has 1 aliphatic rings. The van der Waals surface area contributed by atoms with Crippen LogP contribution in [0.25, 0.3) is 0 Å². The molecule has 0 spiro atoms. The molecule has 1 saturated carbocycles. The monoisotopic (exact) mass is 242 g/mol. The highest BCUT2D eigenvalue weighted by molar-refractivity contribution is 5.81. The van der Waals surface area contributed by atoms with Gasteiger partial charge in [-0.15, -0.1) is 0 Å². The van der Waals surface area contributed by atoms with Gasteiger partial charge in [-0.1, -0.05) is 13.8 Å². The molecule has 17 heavy (non-hydrogen) atoms. The maximum Gasteiger partial charge on any atom is 0.241 e. The van der Waals surface area contributed by atoms with E-state index >= 15 is 0 Å². The van der Waals surface area contributed by atoms with Gasteiger partial charge in [0.1, 0.15) is 0 Å². The zero-order valence-electron chi connectivity index (χ0n) is 11.5. The van der Waals surface area contributed by atoms with Crippen molar-refractivity contribution in [2.45, 2.75) is 53.1 Å². The first-order valence-corrected chi connectivity index (χ1v) is 6.49. The van der Waals surface area contributed by atoms with E-state index in [0.29, 0.717) is 18.6 Å². The first-order valence-electron chi connectivity index (χ1n) is 6.49. The topological polar surface area (TPSA) is 64.3 Å². The molecule has 0 aliphatic heterocycles. The quantitative estimate of drug-likeness (QED) is 0.449. The third-order valence-corrected chi connectivity index (χ3v) is 3.98. The van der Waals surface area contributed by atoms with Gasteiger partial charge in [0.05, 0.1) is 18.1 Å². The van der Waals surface area contributed by atoms with Crippen molar-refractivity contribution >= 4 is 5.91 Å². The van der Waals surface area contributed by atoms with Crippen molar-refractivity contribution in [2.75, 3.05) is 6.61 Å². The highest BCUT2D eigenvalue weighted by atomic mass is 16.5. The maximum absolute atomic E-state index is 11.5. The summed E-state index contributed by atoms with van der Waals surface area (Å²) in [5.41, 5.74) is 1.64. The van der Waals surface area contributed by atoms with Gasteiger partial charge in [-0.2, -0.15) is 0 Å². The predicted molar refractivity (Wildman–Crippen MR) is 68.0 cm³/mol. The minimum Gasteiger partial charge on any atom is -0.377 e. The Balaban J connectivity index is 2.38. The van der Waals surface area contributed by atoms with E-state index in [-0.39, 0.29) is 5.91 Å². The molecule has 0 saturated heterocycles. The van der Waals surface area contributed by atoms with E-state index in [1.807, 2.05) is 13.8 Å². The molecule has 1 aliphatic carbocycles. The number of hydrogen-bond donors (Lipinski definition) is 2. The average Bonchev–Trinajstić information content (AvgIpc) is 2.29. The van der Waals surface area contributed by atoms with E-state index in [1.165, 1.54) is 6.42 Å². The lowest BCUT2D eigenvalue weighted by atomic mass is 9.80. The Morgan fingerprint density at radius 1 is 1.35 bits per heavy atom. The van der Waals surface area contributed by atoms with Crippen LogP contribution >= 0.6 is 0 Å². The molecular formula is C13H26N2O2. The van der Waals surface area contributed by atoms with Crippen molar-refractivity contribution < 1.29 is 9.53 Å². The molecule has 3 unspecified atom stereocenters. The first-order chi connectivity index (χ1) is 7.86. The highest BCUT2D eigenvalue weighted by Gasteiger charge is 2.31. The lowest BCUT2D eigenvalue weighted by molar-refractivity contribution is -0.135. The number of nitrogens with two attached hydrogens (primary N) is 1. The zero-order chi connectivity index (χ0) is 13.1. The van der Waals surface area contributed by atoms with Crippen LogP contribution in [0.3, 0.4) is 0 Å². The van der Waals surface area contributed by atoms with Crippen LogP contribution in [0.1, 0.15) is 47.0 Å². The molecule has 1 fully saturated rings. The van der Waals surface area contributed by atoms with Gasteiger partial charge in [0, 0.05) is 0 Å². The van der Waals surface area contributed by atoms with E-state index in [0.717, 1.165) is 18.8 Å². The molecule has 4 heteroatoms. The highest BCUT2D eigenvalue weighted by Crippen LogP contribution is 2.31. The number of nitrogens with one attached hydrogen (secondary N) is 1. The molecule has 3 N–H and O–H groups in total. The van der Waals surface area contributed by atoms with Crippen LogP contribution in [-0.4, -0.2) is 18.6 Å². The van der Waals surface area contributed by atoms with Gasteiger partial charge >= 0.3 is 0 Å². The van der Waals surface area contributed by atoms with Crippen molar-refractivity contribution in [3.63, 3.8) is 0 Å². The van der Waals surface area contributed by atoms with Crippen molar-refractivity contribution in [3.8, 4) is 0 Å². The molecule has 100 valence electrons. The van der Waals surface area contributed by atoms with Crippen LogP contribution in [0.5, 0.6) is 0 Å². The van der Waals surface area contributed by atoms with Gasteiger partial charge in [-0.3, -0.25) is 10.2 Å². The van der Waals surface area contributed by atoms with Gasteiger partial charge in [-0.05, 0) is 44.9 Å². The van der Waals surface area contributed by atoms with Crippen LogP contribution in [0.15, 0.2) is 0 Å². The summed E-state index contributed by atoms with van der Waals surface area (Å²) in [4.78, 5) is 11.5. The van der Waals surface area contributed by atoms with Crippen molar-refractivity contribution in [1.29, 1.82) is 0 Å². The van der Waals surface area contributed by atoms with Crippen LogP contribution < -0.4 is 11.3 Å². The second-order valence-electron chi connectivity index (χ2n) is 6.06. The van der Waals surface area contributed by atoms with Gasteiger partial charge < -0.3 is 4.74 Å². The second kappa shape index (κ2) is 5.83. The number of hydrogen-bond acceptors (Lipinski definition) is 3. The Morgan fingerprint density at radius 3 is 2.53 bits per heavy atom. The lowest BCUT2D eigenvalue weighted by Crippen LogP contribution is -2.44. The normalized spacial score (nSPS) is 30.1. The number of ether oxygens (including phenoxy) is 1. The summed E-state index contributed by atoms with van der Waals surface area (Å²) in [6.07, 6.45) is 3.72. The Kier molecular flexibility index (Phi) is 4.95. The van der Waals surface area contributed by atoms with Crippen LogP contribution in [-0.2, 0) is 9.53 Å². The molecule has 4 nitrogen and oxygen atoms in total. The summed E-state index contributed by atoms with van der Waals surface area (Å²) in [5, 5.41) is 0. The van der Waals surface area contributed by atoms with E-state index < -0.39 is 5.41 Å². The molecule has 0 aromatic heterocycles. The minimum absolute atomic E-state index is 0.172. The third-order valence-electron chi connectivity index (χ3n) is 3.98. The summed E-state index contributed by atoms with van der Waals surface area (Å²) in [5.74, 6) is 6.48. The number of hydrazine groups is 1. The van der Waals surface area contributed by atoms with Gasteiger partial charge in [0.15, 0.2) is 0 Å². The summed E-state index contributed by atoms with van der Waals surface area (Å²) < 4.78 is 5.87. The van der Waals surface area contributed by atoms with E-state index in [1.54, 1.807) is 0 Å². The fraction of sp³-hybridized carbons (Fsp3) is 0.923. The molecule has 1 rings (SSSR count). The van der Waals surface area contributed by atoms with Crippen LogP contribution in [0.4, 0.5) is 0 Å². The predicted octanol–water partition coefficient (Wildman–Crippen LogP) is 1.84. The minimum atomic E-state index is -0.555. The zero-order valence-corrected chi connectivity index (χ0v) is 11.5. The molecular weight excluding hydrogens is 216 g/mol. The lowest BCUT2D eigenvalue weighted by Gasteiger charge is -2.33. The Morgan fingerprint density at radius 2 is 2.00 bits per heavy atom. The van der Waals surface area contributed by atoms with E-state index in [2.05, 4.69) is 19.3 Å². The van der Waals surface area contributed by atoms with Gasteiger partial charge in [0.25, 0.3) is 0 Å². The van der Waals surface area contributed by atoms with Gasteiger partial charge in [0.2, 0.25) is 5.91 Å². The molecule has 0 radical (unpaired) electrons. The fourth-order valence-electron chi connectivity index (χ4n) is 2.24. The second-order valence-corrected chi connectivity index (χ2v) is 6.06. The Labute approximate surface area is 104 Å². The molecule has 0 heterocycles. The number of amides is 1. The van der Waals surface area contributed by atoms with Gasteiger partial charge in [-0.25, -0.2) is 5.84 Å². The number of rotatable bonds is 4. The molecule has 0 bridgehead atoms. The number of carbonyl (C=O) groups excluding carboxylic acids is 1.